The molecule has 0 saturated heterocycles. The van der Waals surface area contributed by atoms with Crippen LogP contribution in [-0.4, -0.2) is 36.9 Å². The van der Waals surface area contributed by atoms with E-state index in [1.807, 2.05) is 99.1 Å². The number of para-hydroxylation sites is 3. The molecule has 3 amide bonds. The Hall–Kier alpha value is -3.93. The van der Waals surface area contributed by atoms with Crippen molar-refractivity contribution in [3.63, 3.8) is 0 Å². The van der Waals surface area contributed by atoms with Gasteiger partial charge in [-0.1, -0.05) is 68.4 Å². The Morgan fingerprint density at radius 1 is 0.524 bits per heavy atom. The molecule has 3 aromatic rings. The zero-order valence-corrected chi connectivity index (χ0v) is 26.4. The van der Waals surface area contributed by atoms with Crippen LogP contribution < -0.4 is 14.7 Å². The number of carbonyl (C=O) groups excluding carboxylic acids is 3. The summed E-state index contributed by atoms with van der Waals surface area (Å²) in [6.07, 6.45) is 4.76. The van der Waals surface area contributed by atoms with Crippen molar-refractivity contribution < 1.29 is 14.4 Å². The maximum atomic E-state index is 11.9. The van der Waals surface area contributed by atoms with Crippen LogP contribution in [0.2, 0.25) is 0 Å². The summed E-state index contributed by atoms with van der Waals surface area (Å²) < 4.78 is 0. The monoisotopic (exact) mass is 569 g/mol. The van der Waals surface area contributed by atoms with Crippen LogP contribution >= 0.6 is 0 Å². The fraction of sp³-hybridized carbons (Fsp3) is 0.417. The van der Waals surface area contributed by atoms with Gasteiger partial charge in [-0.05, 0) is 81.8 Å². The number of benzene rings is 3. The summed E-state index contributed by atoms with van der Waals surface area (Å²) in [5.74, 6) is 0.694. The summed E-state index contributed by atoms with van der Waals surface area (Å²) in [6, 6.07) is 24.8. The van der Waals surface area contributed by atoms with Crippen molar-refractivity contribution in [2.75, 3.05) is 21.7 Å². The Balaban J connectivity index is 0.000000169. The SMILES string of the molecule is CC.CC(C)N1C(=O)CCCc2ccccc21.CC(C)N1C(=O)Cc2ccccc21.CN1C(=O)CCc2ccccc21. The van der Waals surface area contributed by atoms with Crippen LogP contribution in [0.1, 0.15) is 77.5 Å². The van der Waals surface area contributed by atoms with E-state index in [-0.39, 0.29) is 29.8 Å². The molecule has 224 valence electrons. The summed E-state index contributed by atoms with van der Waals surface area (Å²) >= 11 is 0. The molecule has 3 aliphatic rings. The molecule has 6 heteroatoms. The van der Waals surface area contributed by atoms with Gasteiger partial charge in [0.1, 0.15) is 0 Å². The minimum Gasteiger partial charge on any atom is -0.315 e. The lowest BCUT2D eigenvalue weighted by Crippen LogP contribution is -2.36. The van der Waals surface area contributed by atoms with E-state index < -0.39 is 0 Å². The maximum absolute atomic E-state index is 11.9. The summed E-state index contributed by atoms with van der Waals surface area (Å²) in [5, 5.41) is 0. The molecule has 3 aromatic carbocycles. The second-order valence-corrected chi connectivity index (χ2v) is 11.1. The molecule has 0 spiro atoms. The average molecular weight is 570 g/mol. The first-order chi connectivity index (χ1) is 20.2. The third-order valence-electron chi connectivity index (χ3n) is 7.59. The zero-order chi connectivity index (χ0) is 30.8. The Bertz CT molecular complexity index is 1360. The first kappa shape index (κ1) is 32.6. The number of nitrogens with zero attached hydrogens (tertiary/aromatic N) is 3. The third kappa shape index (κ3) is 7.67. The van der Waals surface area contributed by atoms with Crippen molar-refractivity contribution in [3.05, 3.63) is 89.5 Å². The fourth-order valence-electron chi connectivity index (χ4n) is 5.65. The van der Waals surface area contributed by atoms with E-state index in [4.69, 9.17) is 0 Å². The number of aryl methyl sites for hydroxylation is 2. The van der Waals surface area contributed by atoms with Gasteiger partial charge in [-0.25, -0.2) is 0 Å². The molecule has 3 heterocycles. The fourth-order valence-corrected chi connectivity index (χ4v) is 5.65. The van der Waals surface area contributed by atoms with Gasteiger partial charge in [0.25, 0.3) is 0 Å². The van der Waals surface area contributed by atoms with Gasteiger partial charge in [0, 0.05) is 49.0 Å². The van der Waals surface area contributed by atoms with Crippen molar-refractivity contribution in [3.8, 4) is 0 Å². The molecular formula is C36H47N3O3. The minimum absolute atomic E-state index is 0.216. The molecule has 3 aliphatic heterocycles. The van der Waals surface area contributed by atoms with Gasteiger partial charge in [-0.2, -0.15) is 0 Å². The Labute approximate surface area is 252 Å². The third-order valence-corrected chi connectivity index (χ3v) is 7.59. The van der Waals surface area contributed by atoms with Crippen LogP contribution in [0.4, 0.5) is 17.1 Å². The zero-order valence-electron chi connectivity index (χ0n) is 26.4. The highest BCUT2D eigenvalue weighted by atomic mass is 16.2. The van der Waals surface area contributed by atoms with E-state index in [1.165, 1.54) is 11.1 Å². The van der Waals surface area contributed by atoms with E-state index in [9.17, 15) is 14.4 Å². The Morgan fingerprint density at radius 3 is 1.55 bits per heavy atom. The predicted molar refractivity (Wildman–Crippen MR) is 174 cm³/mol. The van der Waals surface area contributed by atoms with Gasteiger partial charge in [-0.3, -0.25) is 14.4 Å². The highest BCUT2D eigenvalue weighted by Crippen LogP contribution is 2.30. The number of anilines is 3. The van der Waals surface area contributed by atoms with Gasteiger partial charge >= 0.3 is 0 Å². The molecule has 0 bridgehead atoms. The molecule has 0 fully saturated rings. The van der Waals surface area contributed by atoms with E-state index >= 15 is 0 Å². The summed E-state index contributed by atoms with van der Waals surface area (Å²) in [4.78, 5) is 40.4. The van der Waals surface area contributed by atoms with Gasteiger partial charge in [-0.15, -0.1) is 0 Å². The highest BCUT2D eigenvalue weighted by Gasteiger charge is 2.28. The van der Waals surface area contributed by atoms with Crippen molar-refractivity contribution >= 4 is 34.8 Å². The molecule has 0 saturated carbocycles. The molecule has 0 aliphatic carbocycles. The highest BCUT2D eigenvalue weighted by molar-refractivity contribution is 6.01. The lowest BCUT2D eigenvalue weighted by Gasteiger charge is -2.26. The van der Waals surface area contributed by atoms with Crippen molar-refractivity contribution in [1.29, 1.82) is 0 Å². The number of carbonyl (C=O) groups is 3. The predicted octanol–water partition coefficient (Wildman–Crippen LogP) is 7.37. The Morgan fingerprint density at radius 2 is 0.976 bits per heavy atom. The van der Waals surface area contributed by atoms with Crippen LogP contribution in [-0.2, 0) is 33.6 Å². The molecule has 0 aromatic heterocycles. The largest absolute Gasteiger partial charge is 0.315 e. The van der Waals surface area contributed by atoms with E-state index in [0.29, 0.717) is 19.3 Å². The number of hydrogen-bond acceptors (Lipinski definition) is 3. The van der Waals surface area contributed by atoms with Crippen molar-refractivity contribution in [2.45, 2.75) is 92.2 Å². The van der Waals surface area contributed by atoms with Crippen LogP contribution in [0.15, 0.2) is 72.8 Å². The van der Waals surface area contributed by atoms with Crippen LogP contribution in [0.25, 0.3) is 0 Å². The van der Waals surface area contributed by atoms with Gasteiger partial charge in [0.05, 0.1) is 6.42 Å². The van der Waals surface area contributed by atoms with E-state index in [2.05, 4.69) is 32.0 Å². The molecule has 6 nitrogen and oxygen atoms in total. The van der Waals surface area contributed by atoms with E-state index in [0.717, 1.165) is 41.9 Å². The van der Waals surface area contributed by atoms with Crippen LogP contribution in [0, 0.1) is 0 Å². The van der Waals surface area contributed by atoms with Crippen LogP contribution in [0.5, 0.6) is 0 Å². The smallest absolute Gasteiger partial charge is 0.231 e. The quantitative estimate of drug-likeness (QED) is 0.324. The van der Waals surface area contributed by atoms with Gasteiger partial charge in [0.15, 0.2) is 0 Å². The average Bonchev–Trinajstić information content (AvgIpc) is 3.23. The minimum atomic E-state index is 0.216. The lowest BCUT2D eigenvalue weighted by atomic mass is 10.0. The first-order valence-corrected chi connectivity index (χ1v) is 15.3. The summed E-state index contributed by atoms with van der Waals surface area (Å²) in [7, 11) is 1.83. The molecule has 0 atom stereocenters. The molecular weight excluding hydrogens is 522 g/mol. The number of rotatable bonds is 2. The van der Waals surface area contributed by atoms with Crippen LogP contribution in [0.3, 0.4) is 0 Å². The standard InChI is InChI=1S/C13H17NO.C11H13NO.C10H11NO.C2H6/c1-10(2)14-12-8-4-3-6-11(12)7-5-9-13(14)15;1-8(2)12-10-6-4-3-5-9(10)7-11(12)13;1-11-9-5-3-2-4-8(9)6-7-10(11)12;1-2/h3-4,6,8,10H,5,7,9H2,1-2H3;3-6,8H,7H2,1-2H3;2-5H,6-7H2,1H3;1-2H3. The first-order valence-electron chi connectivity index (χ1n) is 15.3. The van der Waals surface area contributed by atoms with E-state index in [1.54, 1.807) is 4.90 Å². The van der Waals surface area contributed by atoms with Gasteiger partial charge in [0.2, 0.25) is 17.7 Å². The number of fused-ring (bicyclic) bond motifs is 3. The van der Waals surface area contributed by atoms with Crippen molar-refractivity contribution in [2.24, 2.45) is 0 Å². The van der Waals surface area contributed by atoms with Gasteiger partial charge < -0.3 is 14.7 Å². The number of amides is 3. The summed E-state index contributed by atoms with van der Waals surface area (Å²) in [6.45, 7) is 12.2. The normalized spacial score (nSPS) is 15.4. The maximum Gasteiger partial charge on any atom is 0.231 e. The number of hydrogen-bond donors (Lipinski definition) is 0. The molecule has 0 radical (unpaired) electrons. The second-order valence-electron chi connectivity index (χ2n) is 11.1. The second kappa shape index (κ2) is 15.3. The molecule has 0 unspecified atom stereocenters. The topological polar surface area (TPSA) is 60.9 Å². The Kier molecular flexibility index (Phi) is 11.9. The summed E-state index contributed by atoms with van der Waals surface area (Å²) in [5.41, 5.74) is 6.99. The lowest BCUT2D eigenvalue weighted by molar-refractivity contribution is -0.119. The molecule has 6 rings (SSSR count). The molecule has 0 N–H and O–H groups in total. The molecule has 42 heavy (non-hydrogen) atoms. The van der Waals surface area contributed by atoms with Crippen molar-refractivity contribution in [1.82, 2.24) is 0 Å².